The summed E-state index contributed by atoms with van der Waals surface area (Å²) in [4.78, 5) is 13.0. The van der Waals surface area contributed by atoms with Gasteiger partial charge in [0.15, 0.2) is 0 Å². The van der Waals surface area contributed by atoms with Crippen LogP contribution in [0.5, 0.6) is 0 Å². The van der Waals surface area contributed by atoms with Crippen LogP contribution in [0.15, 0.2) is 107 Å². The zero-order valence-corrected chi connectivity index (χ0v) is 22.6. The van der Waals surface area contributed by atoms with Crippen molar-refractivity contribution in [2.24, 2.45) is 11.8 Å². The molecule has 0 bridgehead atoms. The van der Waals surface area contributed by atoms with Gasteiger partial charge in [-0.25, -0.2) is 18.0 Å². The highest BCUT2D eigenvalue weighted by Gasteiger charge is 2.39. The fraction of sp³-hybridized carbons (Fsp3) is 0.242. The second-order valence-corrected chi connectivity index (χ2v) is 10.8. The Kier molecular flexibility index (Phi) is 7.30. The Bertz CT molecular complexity index is 1530. The maximum atomic E-state index is 13.6. The number of hydrazine groups is 1. The summed E-state index contributed by atoms with van der Waals surface area (Å²) in [5.41, 5.74) is 10.5. The lowest BCUT2D eigenvalue weighted by atomic mass is 9.78. The molecule has 3 aromatic carbocycles. The zero-order chi connectivity index (χ0) is 28.5. The molecule has 0 saturated heterocycles. The second kappa shape index (κ2) is 11.2. The number of allylic oxidation sites excluding steroid dienone is 4. The number of halogens is 3. The standard InChI is InChI=1S/C33H31F3N4O/c1-20-29-19-38-40(28-11-9-25(34)10-12-28)31(29)16-24-8-7-23(32(20)24)15-30(22-5-3-2-4-6-22)39-33(41)37-18-21-13-26(35)17-27(36)14-21/h2-6,9-14,16-17,19-20,23,30,38H,7-8,15,18H2,1H3,(H2,37,39,41)/t20-,23+,30?/m0/s1. The maximum Gasteiger partial charge on any atom is 0.315 e. The van der Waals surface area contributed by atoms with Crippen molar-refractivity contribution < 1.29 is 18.0 Å². The number of hydrogen-bond donors (Lipinski definition) is 3. The number of urea groups is 1. The van der Waals surface area contributed by atoms with Gasteiger partial charge in [-0.15, -0.1) is 0 Å². The lowest BCUT2D eigenvalue weighted by Gasteiger charge is -2.31. The lowest BCUT2D eigenvalue weighted by molar-refractivity contribution is 0.234. The number of nitrogens with zero attached hydrogens (tertiary/aromatic N) is 1. The van der Waals surface area contributed by atoms with Gasteiger partial charge in [-0.1, -0.05) is 42.8 Å². The molecule has 2 amide bonds. The number of fused-ring (bicyclic) bond motifs is 1. The Morgan fingerprint density at radius 3 is 2.46 bits per heavy atom. The van der Waals surface area contributed by atoms with E-state index in [2.05, 4.69) is 29.1 Å². The Labute approximate surface area is 237 Å². The van der Waals surface area contributed by atoms with E-state index >= 15 is 0 Å². The van der Waals surface area contributed by atoms with Crippen molar-refractivity contribution >= 4 is 11.7 Å². The first-order valence-corrected chi connectivity index (χ1v) is 13.9. The summed E-state index contributed by atoms with van der Waals surface area (Å²) in [5, 5.41) is 7.85. The van der Waals surface area contributed by atoms with Gasteiger partial charge in [-0.3, -0.25) is 5.01 Å². The average Bonchev–Trinajstić information content (AvgIpc) is 3.57. The van der Waals surface area contributed by atoms with E-state index in [-0.39, 0.29) is 30.2 Å². The third-order valence-electron chi connectivity index (χ3n) is 8.19. The van der Waals surface area contributed by atoms with Gasteiger partial charge in [-0.2, -0.15) is 0 Å². The first-order chi connectivity index (χ1) is 19.9. The molecule has 1 heterocycles. The molecule has 5 nitrogen and oxygen atoms in total. The summed E-state index contributed by atoms with van der Waals surface area (Å²) in [5.74, 6) is -1.18. The molecule has 1 unspecified atom stereocenters. The minimum Gasteiger partial charge on any atom is -0.334 e. The number of hydrogen-bond acceptors (Lipinski definition) is 3. The summed E-state index contributed by atoms with van der Waals surface area (Å²) in [7, 11) is 0. The molecule has 41 heavy (non-hydrogen) atoms. The van der Waals surface area contributed by atoms with Crippen molar-refractivity contribution in [3.63, 3.8) is 0 Å². The molecule has 0 saturated carbocycles. The van der Waals surface area contributed by atoms with Crippen LogP contribution in [0, 0.1) is 29.3 Å². The minimum atomic E-state index is -0.679. The lowest BCUT2D eigenvalue weighted by Crippen LogP contribution is -2.38. The van der Waals surface area contributed by atoms with E-state index in [1.165, 1.54) is 41.0 Å². The van der Waals surface area contributed by atoms with E-state index in [0.29, 0.717) is 5.56 Å². The van der Waals surface area contributed by atoms with E-state index in [1.54, 1.807) is 12.1 Å². The Balaban J connectivity index is 1.20. The number of rotatable bonds is 7. The number of anilines is 1. The molecule has 0 aromatic heterocycles. The second-order valence-electron chi connectivity index (χ2n) is 10.8. The summed E-state index contributed by atoms with van der Waals surface area (Å²) in [6, 6.07) is 18.9. The van der Waals surface area contributed by atoms with E-state index in [1.807, 2.05) is 41.5 Å². The first kappa shape index (κ1) is 26.7. The van der Waals surface area contributed by atoms with Crippen molar-refractivity contribution in [2.45, 2.75) is 38.8 Å². The van der Waals surface area contributed by atoms with Crippen molar-refractivity contribution in [3.05, 3.63) is 136 Å². The Morgan fingerprint density at radius 1 is 1.00 bits per heavy atom. The van der Waals surface area contributed by atoms with Crippen molar-refractivity contribution in [1.82, 2.24) is 16.1 Å². The van der Waals surface area contributed by atoms with Crippen LogP contribution in [-0.4, -0.2) is 6.03 Å². The normalized spacial score (nSPS) is 20.0. The van der Waals surface area contributed by atoms with Crippen LogP contribution < -0.4 is 21.1 Å². The van der Waals surface area contributed by atoms with Crippen LogP contribution in [-0.2, 0) is 6.54 Å². The topological polar surface area (TPSA) is 56.4 Å². The molecule has 2 aliphatic carbocycles. The molecule has 3 aromatic rings. The molecule has 3 N–H and O–H groups in total. The molecule has 0 spiro atoms. The molecule has 6 rings (SSSR count). The van der Waals surface area contributed by atoms with Gasteiger partial charge in [0.2, 0.25) is 0 Å². The first-order valence-electron chi connectivity index (χ1n) is 13.9. The molecule has 0 radical (unpaired) electrons. The van der Waals surface area contributed by atoms with E-state index < -0.39 is 17.7 Å². The summed E-state index contributed by atoms with van der Waals surface area (Å²) < 4.78 is 40.7. The van der Waals surface area contributed by atoms with Gasteiger partial charge in [0.1, 0.15) is 17.5 Å². The van der Waals surface area contributed by atoms with Crippen LogP contribution >= 0.6 is 0 Å². The molecule has 210 valence electrons. The zero-order valence-electron chi connectivity index (χ0n) is 22.6. The number of nitrogens with one attached hydrogen (secondary N) is 3. The fourth-order valence-corrected chi connectivity index (χ4v) is 6.31. The fourth-order valence-electron chi connectivity index (χ4n) is 6.31. The van der Waals surface area contributed by atoms with Crippen LogP contribution in [0.1, 0.15) is 43.4 Å². The summed E-state index contributed by atoms with van der Waals surface area (Å²) in [6.45, 7) is 2.23. The van der Waals surface area contributed by atoms with Crippen molar-refractivity contribution in [2.75, 3.05) is 5.01 Å². The largest absolute Gasteiger partial charge is 0.334 e. The van der Waals surface area contributed by atoms with Crippen LogP contribution in [0.25, 0.3) is 0 Å². The van der Waals surface area contributed by atoms with Crippen molar-refractivity contribution in [3.8, 4) is 0 Å². The highest BCUT2D eigenvalue weighted by Crippen LogP contribution is 2.49. The molecule has 0 fully saturated rings. The predicted octanol–water partition coefficient (Wildman–Crippen LogP) is 7.18. The third kappa shape index (κ3) is 5.59. The number of benzene rings is 3. The maximum absolute atomic E-state index is 13.6. The average molecular weight is 557 g/mol. The SMILES string of the molecule is C[C@H]1C2=CNN(c3ccc(F)cc3)C2=CC2=C1[C@@H](CC(NC(=O)NCc1cc(F)cc(F)c1)c1ccccc1)CC2. The van der Waals surface area contributed by atoms with Gasteiger partial charge < -0.3 is 16.1 Å². The van der Waals surface area contributed by atoms with E-state index in [0.717, 1.165) is 42.3 Å². The molecule has 3 aliphatic rings. The third-order valence-corrected chi connectivity index (χ3v) is 8.19. The molecule has 3 atom stereocenters. The van der Waals surface area contributed by atoms with Gasteiger partial charge >= 0.3 is 6.03 Å². The molecule has 8 heteroatoms. The molecule has 1 aliphatic heterocycles. The monoisotopic (exact) mass is 556 g/mol. The number of carbonyl (C=O) groups is 1. The number of carbonyl (C=O) groups excluding carboxylic acids is 1. The smallest absolute Gasteiger partial charge is 0.315 e. The summed E-state index contributed by atoms with van der Waals surface area (Å²) in [6.07, 6.45) is 6.90. The van der Waals surface area contributed by atoms with Crippen molar-refractivity contribution in [1.29, 1.82) is 0 Å². The minimum absolute atomic E-state index is 0.0110. The van der Waals surface area contributed by atoms with Gasteiger partial charge in [0, 0.05) is 30.3 Å². The predicted molar refractivity (Wildman–Crippen MR) is 153 cm³/mol. The Morgan fingerprint density at radius 2 is 1.73 bits per heavy atom. The van der Waals surface area contributed by atoms with E-state index in [9.17, 15) is 18.0 Å². The highest BCUT2D eigenvalue weighted by molar-refractivity contribution is 5.74. The quantitative estimate of drug-likeness (QED) is 0.289. The van der Waals surface area contributed by atoms with Crippen LogP contribution in [0.4, 0.5) is 23.7 Å². The van der Waals surface area contributed by atoms with Crippen LogP contribution in [0.2, 0.25) is 0 Å². The van der Waals surface area contributed by atoms with Gasteiger partial charge in [0.05, 0.1) is 17.4 Å². The van der Waals surface area contributed by atoms with Crippen LogP contribution in [0.3, 0.4) is 0 Å². The highest BCUT2D eigenvalue weighted by atomic mass is 19.1. The van der Waals surface area contributed by atoms with Gasteiger partial charge in [0.25, 0.3) is 0 Å². The molecular formula is C33H31F3N4O. The number of amides is 2. The Hall–Kier alpha value is -4.46. The summed E-state index contributed by atoms with van der Waals surface area (Å²) >= 11 is 0. The van der Waals surface area contributed by atoms with Gasteiger partial charge in [-0.05, 0) is 84.4 Å². The van der Waals surface area contributed by atoms with E-state index in [4.69, 9.17) is 0 Å². The molecular weight excluding hydrogens is 525 g/mol.